The summed E-state index contributed by atoms with van der Waals surface area (Å²) in [6.45, 7) is 7.56. The summed E-state index contributed by atoms with van der Waals surface area (Å²) in [5, 5.41) is 9.41. The molecule has 0 aromatic carbocycles. The van der Waals surface area contributed by atoms with Crippen LogP contribution in [0.15, 0.2) is 48.3 Å². The van der Waals surface area contributed by atoms with Gasteiger partial charge in [-0.15, -0.1) is 0 Å². The maximum atomic E-state index is 9.41. The van der Waals surface area contributed by atoms with Crippen LogP contribution in [0.2, 0.25) is 0 Å². The molecule has 1 heteroatoms. The number of aliphatic hydroxyl groups is 1. The van der Waals surface area contributed by atoms with Gasteiger partial charge in [0, 0.05) is 5.57 Å². The first-order chi connectivity index (χ1) is 6.26. The highest BCUT2D eigenvalue weighted by atomic mass is 16.3. The van der Waals surface area contributed by atoms with Crippen molar-refractivity contribution >= 4 is 0 Å². The van der Waals surface area contributed by atoms with E-state index in [4.69, 9.17) is 0 Å². The summed E-state index contributed by atoms with van der Waals surface area (Å²) in [6.07, 6.45) is 11.3. The van der Waals surface area contributed by atoms with Crippen LogP contribution in [0.1, 0.15) is 26.7 Å². The Morgan fingerprint density at radius 2 is 2.08 bits per heavy atom. The highest BCUT2D eigenvalue weighted by Gasteiger charge is 1.92. The maximum absolute atomic E-state index is 9.41. The lowest BCUT2D eigenvalue weighted by atomic mass is 10.1. The summed E-state index contributed by atoms with van der Waals surface area (Å²) in [4.78, 5) is 0. The van der Waals surface area contributed by atoms with Gasteiger partial charge >= 0.3 is 0 Å². The van der Waals surface area contributed by atoms with Gasteiger partial charge in [0.15, 0.2) is 0 Å². The van der Waals surface area contributed by atoms with Gasteiger partial charge in [-0.25, -0.2) is 0 Å². The number of rotatable bonds is 5. The molecule has 0 aliphatic rings. The lowest BCUT2D eigenvalue weighted by Gasteiger charge is -1.96. The van der Waals surface area contributed by atoms with Gasteiger partial charge in [0.05, 0.1) is 0 Å². The Kier molecular flexibility index (Phi) is 6.70. The molecule has 0 aliphatic heterocycles. The van der Waals surface area contributed by atoms with E-state index in [1.807, 2.05) is 25.2 Å². The zero-order chi connectivity index (χ0) is 10.1. The normalized spacial score (nSPS) is 13.7. The van der Waals surface area contributed by atoms with E-state index in [2.05, 4.69) is 19.6 Å². The van der Waals surface area contributed by atoms with Crippen molar-refractivity contribution < 1.29 is 5.11 Å². The van der Waals surface area contributed by atoms with Crippen molar-refractivity contribution in [3.8, 4) is 0 Å². The Morgan fingerprint density at radius 1 is 1.38 bits per heavy atom. The Labute approximate surface area is 80.8 Å². The molecule has 0 saturated carbocycles. The zero-order valence-electron chi connectivity index (χ0n) is 8.46. The predicted octanol–water partition coefficient (Wildman–Crippen LogP) is 3.92. The van der Waals surface area contributed by atoms with Gasteiger partial charge in [-0.2, -0.15) is 0 Å². The first-order valence-corrected chi connectivity index (χ1v) is 4.61. The first-order valence-electron chi connectivity index (χ1n) is 4.61. The van der Waals surface area contributed by atoms with E-state index in [1.165, 1.54) is 6.08 Å². The van der Waals surface area contributed by atoms with Crippen LogP contribution in [0.5, 0.6) is 0 Å². The number of aliphatic hydroxyl groups excluding tert-OH is 1. The highest BCUT2D eigenvalue weighted by molar-refractivity contribution is 5.36. The van der Waals surface area contributed by atoms with Crippen LogP contribution in [0.25, 0.3) is 0 Å². The molecule has 0 rings (SSSR count). The van der Waals surface area contributed by atoms with Gasteiger partial charge < -0.3 is 5.11 Å². The lowest BCUT2D eigenvalue weighted by Crippen LogP contribution is -1.81. The SMILES string of the molecule is C=C/C(O)=C(\C=C/C)/C=C\CCC. The number of allylic oxidation sites excluding steroid dienone is 6. The third-order valence-electron chi connectivity index (χ3n) is 1.59. The molecule has 0 spiro atoms. The van der Waals surface area contributed by atoms with Crippen LogP contribution in [0.4, 0.5) is 0 Å². The minimum absolute atomic E-state index is 0.227. The summed E-state index contributed by atoms with van der Waals surface area (Å²) in [7, 11) is 0. The molecule has 0 amide bonds. The minimum Gasteiger partial charge on any atom is -0.507 e. The Balaban J connectivity index is 4.53. The smallest absolute Gasteiger partial charge is 0.122 e. The van der Waals surface area contributed by atoms with Crippen LogP contribution >= 0.6 is 0 Å². The summed E-state index contributed by atoms with van der Waals surface area (Å²) in [5.41, 5.74) is 0.811. The van der Waals surface area contributed by atoms with Crippen LogP contribution in [-0.4, -0.2) is 5.11 Å². The third-order valence-corrected chi connectivity index (χ3v) is 1.59. The largest absolute Gasteiger partial charge is 0.507 e. The molecule has 1 nitrogen and oxygen atoms in total. The van der Waals surface area contributed by atoms with Gasteiger partial charge in [0.25, 0.3) is 0 Å². The fourth-order valence-corrected chi connectivity index (χ4v) is 0.901. The van der Waals surface area contributed by atoms with Crippen molar-refractivity contribution in [1.82, 2.24) is 0 Å². The number of unbranched alkanes of at least 4 members (excludes halogenated alkanes) is 1. The minimum atomic E-state index is 0.227. The molecule has 0 saturated heterocycles. The second-order valence-corrected chi connectivity index (χ2v) is 2.74. The molecule has 1 N–H and O–H groups in total. The fraction of sp³-hybridized carbons (Fsp3) is 0.333. The van der Waals surface area contributed by atoms with Crippen molar-refractivity contribution in [2.75, 3.05) is 0 Å². The molecule has 0 radical (unpaired) electrons. The van der Waals surface area contributed by atoms with E-state index < -0.39 is 0 Å². The van der Waals surface area contributed by atoms with Crippen LogP contribution in [0.3, 0.4) is 0 Å². The standard InChI is InChI=1S/C12H18O/c1-4-7-8-10-11(9-5-2)12(13)6-3/h5-6,8-10,13H,3-4,7H2,1-2H3/b9-5-,10-8-,12-11-. The van der Waals surface area contributed by atoms with Gasteiger partial charge in [0.1, 0.15) is 5.76 Å². The molecule has 0 heterocycles. The quantitative estimate of drug-likeness (QED) is 0.499. The Hall–Kier alpha value is -1.24. The molecule has 0 bridgehead atoms. The summed E-state index contributed by atoms with van der Waals surface area (Å²) in [5.74, 6) is 0.227. The average molecular weight is 178 g/mol. The second kappa shape index (κ2) is 7.41. The monoisotopic (exact) mass is 178 g/mol. The van der Waals surface area contributed by atoms with Gasteiger partial charge in [-0.1, -0.05) is 44.2 Å². The fourth-order valence-electron chi connectivity index (χ4n) is 0.901. The van der Waals surface area contributed by atoms with E-state index in [0.29, 0.717) is 0 Å². The highest BCUT2D eigenvalue weighted by Crippen LogP contribution is 2.07. The first kappa shape index (κ1) is 11.8. The third kappa shape index (κ3) is 5.07. The van der Waals surface area contributed by atoms with E-state index in [9.17, 15) is 5.11 Å². The molecule has 0 aromatic rings. The molecule has 0 atom stereocenters. The number of hydrogen-bond donors (Lipinski definition) is 1. The molecule has 72 valence electrons. The average Bonchev–Trinajstić information content (AvgIpc) is 2.16. The van der Waals surface area contributed by atoms with Crippen LogP contribution in [0, 0.1) is 0 Å². The summed E-state index contributed by atoms with van der Waals surface area (Å²) in [6, 6.07) is 0. The molecule has 0 aromatic heterocycles. The van der Waals surface area contributed by atoms with E-state index >= 15 is 0 Å². The predicted molar refractivity (Wildman–Crippen MR) is 58.7 cm³/mol. The van der Waals surface area contributed by atoms with E-state index in [1.54, 1.807) is 0 Å². The van der Waals surface area contributed by atoms with Crippen molar-refractivity contribution in [2.24, 2.45) is 0 Å². The lowest BCUT2D eigenvalue weighted by molar-refractivity contribution is 0.429. The van der Waals surface area contributed by atoms with E-state index in [0.717, 1.165) is 18.4 Å². The Bertz CT molecular complexity index is 232. The molecule has 0 fully saturated rings. The summed E-state index contributed by atoms with van der Waals surface area (Å²) < 4.78 is 0. The van der Waals surface area contributed by atoms with Crippen molar-refractivity contribution in [3.05, 3.63) is 48.3 Å². The maximum Gasteiger partial charge on any atom is 0.122 e. The Morgan fingerprint density at radius 3 is 2.54 bits per heavy atom. The van der Waals surface area contributed by atoms with Crippen molar-refractivity contribution in [1.29, 1.82) is 0 Å². The van der Waals surface area contributed by atoms with Crippen molar-refractivity contribution in [3.63, 3.8) is 0 Å². The van der Waals surface area contributed by atoms with Gasteiger partial charge in [0.2, 0.25) is 0 Å². The molecular weight excluding hydrogens is 160 g/mol. The molecule has 13 heavy (non-hydrogen) atoms. The van der Waals surface area contributed by atoms with Crippen LogP contribution in [-0.2, 0) is 0 Å². The second-order valence-electron chi connectivity index (χ2n) is 2.74. The van der Waals surface area contributed by atoms with Gasteiger partial charge in [-0.05, 0) is 19.4 Å². The number of hydrogen-bond acceptors (Lipinski definition) is 1. The van der Waals surface area contributed by atoms with Gasteiger partial charge in [-0.3, -0.25) is 0 Å². The molecular formula is C12H18O. The topological polar surface area (TPSA) is 20.2 Å². The summed E-state index contributed by atoms with van der Waals surface area (Å²) >= 11 is 0. The zero-order valence-corrected chi connectivity index (χ0v) is 8.46. The van der Waals surface area contributed by atoms with Crippen molar-refractivity contribution in [2.45, 2.75) is 26.7 Å². The molecule has 0 unspecified atom stereocenters. The van der Waals surface area contributed by atoms with Crippen LogP contribution < -0.4 is 0 Å². The van der Waals surface area contributed by atoms with E-state index in [-0.39, 0.29) is 5.76 Å². The molecule has 0 aliphatic carbocycles.